The van der Waals surface area contributed by atoms with Crippen LogP contribution in [-0.2, 0) is 9.53 Å². The quantitative estimate of drug-likeness (QED) is 0.599. The highest BCUT2D eigenvalue weighted by atomic mass is 16.5. The zero-order valence-electron chi connectivity index (χ0n) is 17.1. The average molecular weight is 391 g/mol. The molecule has 9 atom stereocenters. The summed E-state index contributed by atoms with van der Waals surface area (Å²) in [5.41, 5.74) is -0.250. The van der Waals surface area contributed by atoms with E-state index in [-0.39, 0.29) is 35.2 Å². The Morgan fingerprint density at radius 1 is 1.11 bits per heavy atom. The third kappa shape index (κ3) is 2.33. The van der Waals surface area contributed by atoms with Gasteiger partial charge in [0.1, 0.15) is 6.61 Å². The van der Waals surface area contributed by atoms with Crippen molar-refractivity contribution in [1.29, 1.82) is 0 Å². The van der Waals surface area contributed by atoms with Crippen LogP contribution >= 0.6 is 0 Å². The highest BCUT2D eigenvalue weighted by Gasteiger charge is 2.69. The second-order valence-corrected chi connectivity index (χ2v) is 10.9. The van der Waals surface area contributed by atoms with Crippen molar-refractivity contribution in [2.45, 2.75) is 83.0 Å². The van der Waals surface area contributed by atoms with Gasteiger partial charge >= 0.3 is 5.97 Å². The predicted molar refractivity (Wildman–Crippen MR) is 103 cm³/mol. The van der Waals surface area contributed by atoms with Crippen molar-refractivity contribution < 1.29 is 24.9 Å². The predicted octanol–water partition coefficient (Wildman–Crippen LogP) is 2.58. The van der Waals surface area contributed by atoms with Gasteiger partial charge in [-0.15, -0.1) is 0 Å². The van der Waals surface area contributed by atoms with Crippen molar-refractivity contribution in [3.63, 3.8) is 0 Å². The molecule has 5 aliphatic rings. The summed E-state index contributed by atoms with van der Waals surface area (Å²) in [6.07, 6.45) is 7.61. The molecular weight excluding hydrogens is 356 g/mol. The van der Waals surface area contributed by atoms with Gasteiger partial charge in [0.05, 0.1) is 17.8 Å². The Morgan fingerprint density at radius 2 is 1.89 bits per heavy atom. The van der Waals surface area contributed by atoms with Gasteiger partial charge in [-0.25, -0.2) is 4.79 Å². The number of ether oxygens (including phenoxy) is 1. The lowest BCUT2D eigenvalue weighted by molar-refractivity contribution is -0.242. The third-order valence-electron chi connectivity index (χ3n) is 9.89. The van der Waals surface area contributed by atoms with Crippen molar-refractivity contribution >= 4 is 5.97 Å². The van der Waals surface area contributed by atoms with Gasteiger partial charge in [-0.1, -0.05) is 13.8 Å². The standard InChI is InChI=1S/C23H34O5/c1-21-7-5-15(24)10-14(21)3-4-17-20(21)18(25)11-22(2)16(6-8-23(17,22)27)13-9-19(26)28-12-13/h9,14-18,20,24-25,27H,3-8,10-12H2,1-2H3/t14-,15-,16+,17+,18+,20+,21-,22+,23+/m0/s1. The minimum atomic E-state index is -0.807. The molecule has 5 rings (SSSR count). The molecule has 0 spiro atoms. The molecule has 4 saturated carbocycles. The average Bonchev–Trinajstić information content (AvgIpc) is 3.16. The molecule has 5 heteroatoms. The summed E-state index contributed by atoms with van der Waals surface area (Å²) in [5.74, 6) is 0.420. The minimum Gasteiger partial charge on any atom is -0.458 e. The largest absolute Gasteiger partial charge is 0.458 e. The molecule has 0 saturated heterocycles. The van der Waals surface area contributed by atoms with Crippen molar-refractivity contribution in [3.8, 4) is 0 Å². The first-order valence-corrected chi connectivity index (χ1v) is 11.1. The monoisotopic (exact) mass is 390 g/mol. The maximum Gasteiger partial charge on any atom is 0.331 e. The molecule has 1 aliphatic heterocycles. The van der Waals surface area contributed by atoms with Crippen molar-refractivity contribution in [3.05, 3.63) is 11.6 Å². The van der Waals surface area contributed by atoms with Gasteiger partial charge < -0.3 is 20.1 Å². The minimum absolute atomic E-state index is 0.0115. The molecule has 0 bridgehead atoms. The van der Waals surface area contributed by atoms with Crippen LogP contribution in [-0.4, -0.2) is 45.7 Å². The number of aliphatic hydroxyl groups excluding tert-OH is 2. The maximum atomic E-state index is 12.1. The van der Waals surface area contributed by atoms with E-state index in [0.717, 1.165) is 50.5 Å². The zero-order chi connectivity index (χ0) is 19.9. The fourth-order valence-corrected chi connectivity index (χ4v) is 8.49. The van der Waals surface area contributed by atoms with Gasteiger partial charge in [0.2, 0.25) is 0 Å². The lowest BCUT2D eigenvalue weighted by atomic mass is 9.42. The number of carbonyl (C=O) groups is 1. The first kappa shape index (κ1) is 19.1. The number of aliphatic hydroxyl groups is 3. The molecule has 4 aliphatic carbocycles. The van der Waals surface area contributed by atoms with E-state index in [4.69, 9.17) is 4.74 Å². The normalized spacial score (nSPS) is 55.8. The molecule has 0 aromatic carbocycles. The summed E-state index contributed by atoms with van der Waals surface area (Å²) >= 11 is 0. The summed E-state index contributed by atoms with van der Waals surface area (Å²) in [7, 11) is 0. The van der Waals surface area contributed by atoms with Crippen LogP contribution in [0.25, 0.3) is 0 Å². The second kappa shape index (κ2) is 6.05. The summed E-state index contributed by atoms with van der Waals surface area (Å²) in [6.45, 7) is 4.76. The number of esters is 1. The summed E-state index contributed by atoms with van der Waals surface area (Å²) in [6, 6.07) is 0. The van der Waals surface area contributed by atoms with Crippen LogP contribution in [0.5, 0.6) is 0 Å². The number of fused-ring (bicyclic) bond motifs is 5. The molecule has 156 valence electrons. The maximum absolute atomic E-state index is 12.1. The fraction of sp³-hybridized carbons (Fsp3) is 0.870. The van der Waals surface area contributed by atoms with Crippen LogP contribution < -0.4 is 0 Å². The van der Waals surface area contributed by atoms with Crippen LogP contribution in [0.3, 0.4) is 0 Å². The van der Waals surface area contributed by atoms with Crippen LogP contribution in [0.1, 0.15) is 65.2 Å². The molecule has 0 unspecified atom stereocenters. The Bertz CT molecular complexity index is 718. The van der Waals surface area contributed by atoms with E-state index in [9.17, 15) is 20.1 Å². The Labute approximate surface area is 167 Å². The zero-order valence-corrected chi connectivity index (χ0v) is 17.1. The Balaban J connectivity index is 1.51. The smallest absolute Gasteiger partial charge is 0.331 e. The van der Waals surface area contributed by atoms with E-state index in [1.54, 1.807) is 6.08 Å². The Kier molecular flexibility index (Phi) is 4.12. The van der Waals surface area contributed by atoms with Gasteiger partial charge in [0.25, 0.3) is 0 Å². The van der Waals surface area contributed by atoms with Crippen molar-refractivity contribution in [1.82, 2.24) is 0 Å². The van der Waals surface area contributed by atoms with E-state index in [2.05, 4.69) is 13.8 Å². The molecule has 3 N–H and O–H groups in total. The summed E-state index contributed by atoms with van der Waals surface area (Å²) in [4.78, 5) is 11.6. The lowest BCUT2D eigenvalue weighted by Gasteiger charge is -2.65. The number of cyclic esters (lactones) is 1. The Hall–Kier alpha value is -0.910. The second-order valence-electron chi connectivity index (χ2n) is 10.9. The van der Waals surface area contributed by atoms with Crippen molar-refractivity contribution in [2.75, 3.05) is 6.61 Å². The first-order chi connectivity index (χ1) is 13.2. The molecule has 4 fully saturated rings. The number of carbonyl (C=O) groups excluding carboxylic acids is 1. The van der Waals surface area contributed by atoms with Crippen LogP contribution in [0.2, 0.25) is 0 Å². The van der Waals surface area contributed by atoms with Crippen LogP contribution in [0.15, 0.2) is 11.6 Å². The molecule has 5 nitrogen and oxygen atoms in total. The van der Waals surface area contributed by atoms with E-state index in [1.807, 2.05) is 0 Å². The molecule has 0 radical (unpaired) electrons. The molecule has 0 aromatic rings. The molecular formula is C23H34O5. The molecule has 0 aromatic heterocycles. The first-order valence-electron chi connectivity index (χ1n) is 11.1. The van der Waals surface area contributed by atoms with Gasteiger partial charge in [-0.05, 0) is 86.0 Å². The molecule has 0 amide bonds. The van der Waals surface area contributed by atoms with Crippen LogP contribution in [0, 0.1) is 34.5 Å². The number of rotatable bonds is 1. The summed E-state index contributed by atoms with van der Waals surface area (Å²) in [5, 5.41) is 33.7. The SMILES string of the molecule is C[C@]12CC[C@H](O)C[C@@H]1CC[C@@H]1[C@@H]2[C@H](O)C[C@]2(C)[C@@H](C3=CC(=O)OC3)CC[C@@]12O. The summed E-state index contributed by atoms with van der Waals surface area (Å²) < 4.78 is 5.17. The highest BCUT2D eigenvalue weighted by Crippen LogP contribution is 2.69. The number of hydrogen-bond acceptors (Lipinski definition) is 5. The van der Waals surface area contributed by atoms with Crippen LogP contribution in [0.4, 0.5) is 0 Å². The van der Waals surface area contributed by atoms with E-state index >= 15 is 0 Å². The van der Waals surface area contributed by atoms with Gasteiger partial charge in [0.15, 0.2) is 0 Å². The van der Waals surface area contributed by atoms with Gasteiger partial charge in [0, 0.05) is 11.5 Å². The number of hydrogen-bond donors (Lipinski definition) is 3. The van der Waals surface area contributed by atoms with Gasteiger partial charge in [-0.3, -0.25) is 0 Å². The van der Waals surface area contributed by atoms with E-state index in [1.165, 1.54) is 0 Å². The van der Waals surface area contributed by atoms with Crippen molar-refractivity contribution in [2.24, 2.45) is 34.5 Å². The van der Waals surface area contributed by atoms with E-state index < -0.39 is 17.1 Å². The third-order valence-corrected chi connectivity index (χ3v) is 9.89. The van der Waals surface area contributed by atoms with Gasteiger partial charge in [-0.2, -0.15) is 0 Å². The molecule has 1 heterocycles. The topological polar surface area (TPSA) is 87.0 Å². The highest BCUT2D eigenvalue weighted by molar-refractivity contribution is 5.85. The Morgan fingerprint density at radius 3 is 2.61 bits per heavy atom. The lowest BCUT2D eigenvalue weighted by Crippen LogP contribution is -2.66. The van der Waals surface area contributed by atoms with E-state index in [0.29, 0.717) is 18.9 Å². The fourth-order valence-electron chi connectivity index (χ4n) is 8.49. The molecule has 28 heavy (non-hydrogen) atoms.